The van der Waals surface area contributed by atoms with E-state index in [0.717, 1.165) is 43.4 Å². The Labute approximate surface area is 183 Å². The van der Waals surface area contributed by atoms with Crippen molar-refractivity contribution >= 4 is 23.2 Å². The molecule has 8 nitrogen and oxygen atoms in total. The minimum absolute atomic E-state index is 0.421. The molecule has 166 valence electrons. The molecule has 0 radical (unpaired) electrons. The van der Waals surface area contributed by atoms with E-state index >= 15 is 0 Å². The summed E-state index contributed by atoms with van der Waals surface area (Å²) in [4.78, 5) is 28.7. The van der Waals surface area contributed by atoms with Crippen molar-refractivity contribution in [3.05, 3.63) is 48.5 Å². The second-order valence-electron chi connectivity index (χ2n) is 7.17. The summed E-state index contributed by atoms with van der Waals surface area (Å²) >= 11 is 0. The van der Waals surface area contributed by atoms with Gasteiger partial charge in [-0.2, -0.15) is 0 Å². The molecule has 3 rings (SSSR count). The zero-order valence-corrected chi connectivity index (χ0v) is 18.1. The molecule has 1 aliphatic heterocycles. The minimum atomic E-state index is -0.676. The molecule has 0 bridgehead atoms. The summed E-state index contributed by atoms with van der Waals surface area (Å²) in [7, 11) is 1.68. The fourth-order valence-corrected chi connectivity index (χ4v) is 3.50. The lowest BCUT2D eigenvalue weighted by atomic mass is 10.2. The minimum Gasteiger partial charge on any atom is -0.495 e. The van der Waals surface area contributed by atoms with Gasteiger partial charge in [0.25, 0.3) is 0 Å². The topological polar surface area (TPSA) is 83.1 Å². The normalized spacial score (nSPS) is 14.1. The summed E-state index contributed by atoms with van der Waals surface area (Å²) in [6, 6.07) is 14.9. The van der Waals surface area contributed by atoms with Crippen LogP contribution in [0.2, 0.25) is 0 Å². The third-order valence-corrected chi connectivity index (χ3v) is 5.14. The number of benzene rings is 2. The van der Waals surface area contributed by atoms with Crippen LogP contribution in [0.15, 0.2) is 48.5 Å². The van der Waals surface area contributed by atoms with Crippen LogP contribution < -0.4 is 25.0 Å². The number of hydrogen-bond donors (Lipinski definition) is 2. The fourth-order valence-electron chi connectivity index (χ4n) is 3.50. The molecule has 1 fully saturated rings. The maximum Gasteiger partial charge on any atom is 0.313 e. The summed E-state index contributed by atoms with van der Waals surface area (Å²) in [5.41, 5.74) is 1.65. The van der Waals surface area contributed by atoms with Crippen LogP contribution in [0.25, 0.3) is 0 Å². The Balaban J connectivity index is 1.37. The van der Waals surface area contributed by atoms with Crippen molar-refractivity contribution in [2.75, 3.05) is 63.2 Å². The number of hydrogen-bond acceptors (Lipinski definition) is 6. The molecule has 2 aromatic rings. The highest BCUT2D eigenvalue weighted by Gasteiger charge is 2.20. The van der Waals surface area contributed by atoms with Crippen LogP contribution in [0.1, 0.15) is 6.92 Å². The predicted molar refractivity (Wildman–Crippen MR) is 121 cm³/mol. The molecule has 2 N–H and O–H groups in total. The number of piperazine rings is 1. The Morgan fingerprint density at radius 2 is 1.68 bits per heavy atom. The number of amides is 2. The average molecular weight is 427 g/mol. The number of para-hydroxylation sites is 2. The average Bonchev–Trinajstić information content (AvgIpc) is 2.81. The quantitative estimate of drug-likeness (QED) is 0.628. The van der Waals surface area contributed by atoms with Gasteiger partial charge in [-0.25, -0.2) is 0 Å². The molecule has 0 aromatic heterocycles. The Bertz CT molecular complexity index is 864. The van der Waals surface area contributed by atoms with Gasteiger partial charge < -0.3 is 25.0 Å². The molecule has 0 spiro atoms. The second kappa shape index (κ2) is 11.2. The summed E-state index contributed by atoms with van der Waals surface area (Å²) in [6.07, 6.45) is 0. The lowest BCUT2D eigenvalue weighted by Gasteiger charge is -2.36. The van der Waals surface area contributed by atoms with Gasteiger partial charge >= 0.3 is 11.8 Å². The molecule has 1 saturated heterocycles. The maximum absolute atomic E-state index is 12.1. The fraction of sp³-hybridized carbons (Fsp3) is 0.391. The smallest absolute Gasteiger partial charge is 0.313 e. The van der Waals surface area contributed by atoms with E-state index in [1.807, 2.05) is 25.1 Å². The number of methoxy groups -OCH3 is 1. The largest absolute Gasteiger partial charge is 0.495 e. The molecular formula is C23H30N4O4. The van der Waals surface area contributed by atoms with E-state index in [-0.39, 0.29) is 0 Å². The third-order valence-electron chi connectivity index (χ3n) is 5.14. The first-order valence-corrected chi connectivity index (χ1v) is 10.5. The SMILES string of the molecule is CCOc1ccc(NC(=O)C(=O)NCCN2CCN(c3ccccc3OC)CC2)cc1. The Morgan fingerprint density at radius 3 is 2.35 bits per heavy atom. The number of anilines is 2. The van der Waals surface area contributed by atoms with Crippen LogP contribution >= 0.6 is 0 Å². The van der Waals surface area contributed by atoms with Crippen molar-refractivity contribution in [1.82, 2.24) is 10.2 Å². The highest BCUT2D eigenvalue weighted by molar-refractivity contribution is 6.39. The van der Waals surface area contributed by atoms with E-state index in [9.17, 15) is 9.59 Å². The molecule has 31 heavy (non-hydrogen) atoms. The van der Waals surface area contributed by atoms with Gasteiger partial charge in [0.15, 0.2) is 0 Å². The van der Waals surface area contributed by atoms with E-state index in [1.165, 1.54) is 0 Å². The van der Waals surface area contributed by atoms with Gasteiger partial charge in [0, 0.05) is 45.0 Å². The van der Waals surface area contributed by atoms with Gasteiger partial charge in [0.05, 0.1) is 19.4 Å². The molecule has 2 aromatic carbocycles. The van der Waals surface area contributed by atoms with Gasteiger partial charge in [0.1, 0.15) is 11.5 Å². The molecule has 8 heteroatoms. The van der Waals surface area contributed by atoms with E-state index < -0.39 is 11.8 Å². The highest BCUT2D eigenvalue weighted by Crippen LogP contribution is 2.28. The number of rotatable bonds is 8. The third kappa shape index (κ3) is 6.36. The monoisotopic (exact) mass is 426 g/mol. The number of nitrogens with one attached hydrogen (secondary N) is 2. The zero-order chi connectivity index (χ0) is 22.1. The predicted octanol–water partition coefficient (Wildman–Crippen LogP) is 1.97. The van der Waals surface area contributed by atoms with Crippen LogP contribution in [-0.4, -0.2) is 69.7 Å². The summed E-state index contributed by atoms with van der Waals surface area (Å²) < 4.78 is 10.8. The summed E-state index contributed by atoms with van der Waals surface area (Å²) in [5.74, 6) is 0.282. The van der Waals surface area contributed by atoms with Crippen LogP contribution in [0.3, 0.4) is 0 Å². The molecular weight excluding hydrogens is 396 g/mol. The second-order valence-corrected chi connectivity index (χ2v) is 7.17. The molecule has 2 amide bonds. The van der Waals surface area contributed by atoms with Gasteiger partial charge in [-0.1, -0.05) is 12.1 Å². The van der Waals surface area contributed by atoms with Crippen molar-refractivity contribution in [3.63, 3.8) is 0 Å². The molecule has 1 aliphatic rings. The van der Waals surface area contributed by atoms with Crippen molar-refractivity contribution in [2.45, 2.75) is 6.92 Å². The number of carbonyl (C=O) groups is 2. The lowest BCUT2D eigenvalue weighted by molar-refractivity contribution is -0.136. The van der Waals surface area contributed by atoms with Gasteiger partial charge in [-0.05, 0) is 43.3 Å². The van der Waals surface area contributed by atoms with E-state index in [1.54, 1.807) is 31.4 Å². The Morgan fingerprint density at radius 1 is 0.968 bits per heavy atom. The van der Waals surface area contributed by atoms with Crippen molar-refractivity contribution in [3.8, 4) is 11.5 Å². The lowest BCUT2D eigenvalue weighted by Crippen LogP contribution is -2.49. The molecule has 0 saturated carbocycles. The van der Waals surface area contributed by atoms with Crippen LogP contribution in [0.4, 0.5) is 11.4 Å². The Kier molecular flexibility index (Phi) is 8.12. The summed E-state index contributed by atoms with van der Waals surface area (Å²) in [5, 5.41) is 5.29. The zero-order valence-electron chi connectivity index (χ0n) is 18.1. The molecule has 0 atom stereocenters. The van der Waals surface area contributed by atoms with Gasteiger partial charge in [-0.3, -0.25) is 14.5 Å². The van der Waals surface area contributed by atoms with Crippen LogP contribution in [-0.2, 0) is 9.59 Å². The molecule has 0 unspecified atom stereocenters. The highest BCUT2D eigenvalue weighted by atomic mass is 16.5. The van der Waals surface area contributed by atoms with Gasteiger partial charge in [0.2, 0.25) is 0 Å². The summed E-state index contributed by atoms with van der Waals surface area (Å²) in [6.45, 7) is 7.12. The van der Waals surface area contributed by atoms with E-state index in [0.29, 0.717) is 25.4 Å². The van der Waals surface area contributed by atoms with Crippen molar-refractivity contribution < 1.29 is 19.1 Å². The van der Waals surface area contributed by atoms with Crippen molar-refractivity contribution in [1.29, 1.82) is 0 Å². The first-order chi connectivity index (χ1) is 15.1. The van der Waals surface area contributed by atoms with Crippen LogP contribution in [0.5, 0.6) is 11.5 Å². The number of ether oxygens (including phenoxy) is 2. The van der Waals surface area contributed by atoms with Crippen LogP contribution in [0, 0.1) is 0 Å². The first kappa shape index (κ1) is 22.4. The standard InChI is InChI=1S/C23H30N4O4/c1-3-31-19-10-8-18(9-11-19)25-23(29)22(28)24-12-13-26-14-16-27(17-15-26)20-6-4-5-7-21(20)30-2/h4-11H,3,12-17H2,1-2H3,(H,24,28)(H,25,29). The van der Waals surface area contributed by atoms with Crippen molar-refractivity contribution in [2.24, 2.45) is 0 Å². The van der Waals surface area contributed by atoms with E-state index in [4.69, 9.17) is 9.47 Å². The van der Waals surface area contributed by atoms with Gasteiger partial charge in [-0.15, -0.1) is 0 Å². The maximum atomic E-state index is 12.1. The first-order valence-electron chi connectivity index (χ1n) is 10.5. The molecule has 1 heterocycles. The Hall–Kier alpha value is -3.26. The molecule has 0 aliphatic carbocycles. The number of nitrogens with zero attached hydrogens (tertiary/aromatic N) is 2. The number of carbonyl (C=O) groups excluding carboxylic acids is 2. The van der Waals surface area contributed by atoms with E-state index in [2.05, 4.69) is 26.5 Å².